The van der Waals surface area contributed by atoms with Gasteiger partial charge in [-0.15, -0.1) is 0 Å². The van der Waals surface area contributed by atoms with E-state index in [0.717, 1.165) is 60.1 Å². The second-order valence-corrected chi connectivity index (χ2v) is 11.2. The summed E-state index contributed by atoms with van der Waals surface area (Å²) in [6, 6.07) is 0.154. The van der Waals surface area contributed by atoms with Crippen molar-refractivity contribution in [2.45, 2.75) is 97.5 Å². The van der Waals surface area contributed by atoms with Crippen LogP contribution in [0.2, 0.25) is 0 Å². The smallest absolute Gasteiger partial charge is 0.266 e. The molecule has 2 heterocycles. The number of phenolic OH excluding ortho intramolecular Hbond substituents is 1. The van der Waals surface area contributed by atoms with Gasteiger partial charge in [0, 0.05) is 43.3 Å². The van der Waals surface area contributed by atoms with Gasteiger partial charge in [-0.1, -0.05) is 13.8 Å². The number of phenols is 1. The zero-order valence-corrected chi connectivity index (χ0v) is 20.8. The first-order valence-electron chi connectivity index (χ1n) is 11.9. The fourth-order valence-electron chi connectivity index (χ4n) is 5.39. The Hall–Kier alpha value is -1.79. The van der Waals surface area contributed by atoms with Crippen LogP contribution in [0.1, 0.15) is 75.1 Å². The molecule has 2 aliphatic heterocycles. The van der Waals surface area contributed by atoms with Crippen molar-refractivity contribution >= 4 is 5.91 Å². The average molecular weight is 446 g/mol. The van der Waals surface area contributed by atoms with Gasteiger partial charge in [0.1, 0.15) is 11.5 Å². The number of ether oxygens (including phenoxy) is 3. The highest BCUT2D eigenvalue weighted by molar-refractivity contribution is 5.86. The normalized spacial score (nSPS) is 27.0. The SMILES string of the molecule is Cc1c(C)c2c(c(C)c1O)CCC(C)(C(=O)N(C)C1CCC3(CC1)OCC(C)(C)CO3)O2. The van der Waals surface area contributed by atoms with E-state index in [1.165, 1.54) is 0 Å². The molecule has 1 N–H and O–H groups in total. The predicted octanol–water partition coefficient (Wildman–Crippen LogP) is 4.57. The minimum Gasteiger partial charge on any atom is -0.507 e. The van der Waals surface area contributed by atoms with Crippen molar-refractivity contribution in [1.29, 1.82) is 0 Å². The summed E-state index contributed by atoms with van der Waals surface area (Å²) >= 11 is 0. The summed E-state index contributed by atoms with van der Waals surface area (Å²) in [6.07, 6.45) is 4.66. The van der Waals surface area contributed by atoms with E-state index in [1.54, 1.807) is 0 Å². The Bertz CT molecular complexity index is 904. The quantitative estimate of drug-likeness (QED) is 0.722. The van der Waals surface area contributed by atoms with E-state index in [1.807, 2.05) is 39.6 Å². The van der Waals surface area contributed by atoms with Gasteiger partial charge in [0.15, 0.2) is 11.4 Å². The lowest BCUT2D eigenvalue weighted by molar-refractivity contribution is -0.312. The van der Waals surface area contributed by atoms with E-state index < -0.39 is 11.4 Å². The molecule has 2 fully saturated rings. The Balaban J connectivity index is 1.45. The molecule has 1 aromatic carbocycles. The highest BCUT2D eigenvalue weighted by atomic mass is 16.7. The van der Waals surface area contributed by atoms with E-state index in [4.69, 9.17) is 14.2 Å². The van der Waals surface area contributed by atoms with Crippen LogP contribution in [0.4, 0.5) is 0 Å². The number of likely N-dealkylation sites (N-methyl/N-ethyl adjacent to an activating group) is 1. The molecule has 1 amide bonds. The molecule has 6 nitrogen and oxygen atoms in total. The molecule has 0 radical (unpaired) electrons. The summed E-state index contributed by atoms with van der Waals surface area (Å²) < 4.78 is 18.7. The first-order valence-corrected chi connectivity index (χ1v) is 11.9. The lowest BCUT2D eigenvalue weighted by atomic mass is 9.84. The molecule has 32 heavy (non-hydrogen) atoms. The van der Waals surface area contributed by atoms with Crippen molar-refractivity contribution in [3.63, 3.8) is 0 Å². The van der Waals surface area contributed by atoms with Crippen LogP contribution in [-0.4, -0.2) is 53.6 Å². The maximum atomic E-state index is 13.6. The molecule has 3 aliphatic rings. The number of hydrogen-bond donors (Lipinski definition) is 1. The van der Waals surface area contributed by atoms with Gasteiger partial charge >= 0.3 is 0 Å². The first-order chi connectivity index (χ1) is 14.9. The number of rotatable bonds is 2. The summed E-state index contributed by atoms with van der Waals surface area (Å²) in [5.41, 5.74) is 2.77. The molecular weight excluding hydrogens is 406 g/mol. The zero-order valence-electron chi connectivity index (χ0n) is 20.8. The monoisotopic (exact) mass is 445 g/mol. The fraction of sp³-hybridized carbons (Fsp3) is 0.731. The number of carbonyl (C=O) groups is 1. The lowest BCUT2D eigenvalue weighted by Gasteiger charge is -2.48. The van der Waals surface area contributed by atoms with Crippen molar-refractivity contribution in [2.24, 2.45) is 5.41 Å². The van der Waals surface area contributed by atoms with Gasteiger partial charge in [-0.25, -0.2) is 0 Å². The van der Waals surface area contributed by atoms with Crippen molar-refractivity contribution in [2.75, 3.05) is 20.3 Å². The number of benzene rings is 1. The van der Waals surface area contributed by atoms with E-state index in [2.05, 4.69) is 13.8 Å². The van der Waals surface area contributed by atoms with E-state index in [9.17, 15) is 9.90 Å². The summed E-state index contributed by atoms with van der Waals surface area (Å²) in [5.74, 6) is 0.651. The highest BCUT2D eigenvalue weighted by Crippen LogP contribution is 2.45. The van der Waals surface area contributed by atoms with Crippen LogP contribution in [0.3, 0.4) is 0 Å². The number of aromatic hydroxyl groups is 1. The van der Waals surface area contributed by atoms with E-state index in [-0.39, 0.29) is 17.4 Å². The maximum Gasteiger partial charge on any atom is 0.266 e. The number of hydrogen-bond acceptors (Lipinski definition) is 5. The number of nitrogens with zero attached hydrogens (tertiary/aromatic N) is 1. The Morgan fingerprint density at radius 1 is 0.969 bits per heavy atom. The van der Waals surface area contributed by atoms with Gasteiger partial charge in [-0.2, -0.15) is 0 Å². The molecule has 0 bridgehead atoms. The third kappa shape index (κ3) is 3.90. The molecular formula is C26H39NO5. The second kappa shape index (κ2) is 7.91. The first kappa shape index (κ1) is 23.4. The molecule has 4 rings (SSSR count). The van der Waals surface area contributed by atoms with Gasteiger partial charge < -0.3 is 24.2 Å². The number of carbonyl (C=O) groups excluding carboxylic acids is 1. The minimum atomic E-state index is -0.903. The third-order valence-corrected chi connectivity index (χ3v) is 8.01. The van der Waals surface area contributed by atoms with Crippen LogP contribution in [0.15, 0.2) is 0 Å². The van der Waals surface area contributed by atoms with Crippen molar-refractivity contribution in [3.8, 4) is 11.5 Å². The Kier molecular flexibility index (Phi) is 5.78. The molecule has 1 aromatic rings. The van der Waals surface area contributed by atoms with Gasteiger partial charge in [0.25, 0.3) is 5.91 Å². The summed E-state index contributed by atoms with van der Waals surface area (Å²) in [7, 11) is 1.90. The van der Waals surface area contributed by atoms with Crippen LogP contribution in [0.25, 0.3) is 0 Å². The van der Waals surface area contributed by atoms with Crippen LogP contribution in [0.5, 0.6) is 11.5 Å². The Morgan fingerprint density at radius 2 is 1.56 bits per heavy atom. The number of fused-ring (bicyclic) bond motifs is 1. The Labute approximate surface area is 192 Å². The molecule has 1 spiro atoms. The Morgan fingerprint density at radius 3 is 2.16 bits per heavy atom. The molecule has 0 aromatic heterocycles. The molecule has 1 unspecified atom stereocenters. The average Bonchev–Trinajstić information content (AvgIpc) is 2.78. The predicted molar refractivity (Wildman–Crippen MR) is 123 cm³/mol. The van der Waals surface area contributed by atoms with Crippen LogP contribution >= 0.6 is 0 Å². The zero-order chi connectivity index (χ0) is 23.5. The molecule has 6 heteroatoms. The van der Waals surface area contributed by atoms with Crippen molar-refractivity contribution < 1.29 is 24.1 Å². The van der Waals surface area contributed by atoms with Gasteiger partial charge in [-0.3, -0.25) is 4.79 Å². The summed E-state index contributed by atoms with van der Waals surface area (Å²) in [4.78, 5) is 15.5. The topological polar surface area (TPSA) is 68.2 Å². The van der Waals surface area contributed by atoms with Crippen molar-refractivity contribution in [1.82, 2.24) is 4.90 Å². The van der Waals surface area contributed by atoms with E-state index in [0.29, 0.717) is 25.4 Å². The minimum absolute atomic E-state index is 0.0264. The summed E-state index contributed by atoms with van der Waals surface area (Å²) in [6.45, 7) is 13.4. The molecule has 1 aliphatic carbocycles. The van der Waals surface area contributed by atoms with Crippen LogP contribution < -0.4 is 4.74 Å². The van der Waals surface area contributed by atoms with E-state index >= 15 is 0 Å². The van der Waals surface area contributed by atoms with Crippen LogP contribution in [0, 0.1) is 26.2 Å². The fourth-order valence-corrected chi connectivity index (χ4v) is 5.39. The molecule has 1 saturated carbocycles. The third-order valence-electron chi connectivity index (χ3n) is 8.01. The lowest BCUT2D eigenvalue weighted by Crippen LogP contribution is -2.56. The molecule has 1 saturated heterocycles. The maximum absolute atomic E-state index is 13.6. The highest BCUT2D eigenvalue weighted by Gasteiger charge is 2.47. The van der Waals surface area contributed by atoms with Crippen molar-refractivity contribution in [3.05, 3.63) is 22.3 Å². The second-order valence-electron chi connectivity index (χ2n) is 11.2. The molecule has 1 atom stereocenters. The van der Waals surface area contributed by atoms with Gasteiger partial charge in [0.05, 0.1) is 13.2 Å². The van der Waals surface area contributed by atoms with Gasteiger partial charge in [-0.05, 0) is 63.6 Å². The standard InChI is InChI=1S/C26H39NO5/c1-16-17(2)22-20(18(3)21(16)28)10-11-25(6,32-22)23(29)27(7)19-8-12-26(13-9-19)30-14-24(4,5)15-31-26/h19,28H,8-15H2,1-7H3. The number of amides is 1. The van der Waals surface area contributed by atoms with Crippen LogP contribution in [-0.2, 0) is 20.7 Å². The molecule has 178 valence electrons. The van der Waals surface area contributed by atoms with Gasteiger partial charge in [0.2, 0.25) is 0 Å². The largest absolute Gasteiger partial charge is 0.507 e. The summed E-state index contributed by atoms with van der Waals surface area (Å²) in [5, 5.41) is 10.4.